The minimum absolute atomic E-state index is 0.177. The molecule has 0 heterocycles. The standard InChI is InChI=1S/C18H20Cl2N2O4S/c1-3-22(4-2)27(24,25)17-7-5-16(6-8-17)26-12-18(23)21-15-10-13(19)9-14(20)11-15/h5-11H,3-4,12H2,1-2H3,(H,21,23). The minimum Gasteiger partial charge on any atom is -0.484 e. The van der Waals surface area contributed by atoms with Crippen LogP contribution in [0.1, 0.15) is 13.8 Å². The van der Waals surface area contributed by atoms with Crippen LogP contribution >= 0.6 is 23.2 Å². The van der Waals surface area contributed by atoms with Gasteiger partial charge in [-0.05, 0) is 42.5 Å². The quantitative estimate of drug-likeness (QED) is 0.685. The Labute approximate surface area is 169 Å². The minimum atomic E-state index is -3.52. The summed E-state index contributed by atoms with van der Waals surface area (Å²) in [7, 11) is -3.52. The third-order valence-corrected chi connectivity index (χ3v) is 6.18. The molecule has 0 atom stereocenters. The summed E-state index contributed by atoms with van der Waals surface area (Å²) in [5.74, 6) is -0.0130. The highest BCUT2D eigenvalue weighted by Gasteiger charge is 2.21. The van der Waals surface area contributed by atoms with E-state index in [1.165, 1.54) is 28.6 Å². The monoisotopic (exact) mass is 430 g/mol. The van der Waals surface area contributed by atoms with Crippen molar-refractivity contribution in [1.29, 1.82) is 0 Å². The molecule has 1 amide bonds. The molecular weight excluding hydrogens is 411 g/mol. The lowest BCUT2D eigenvalue weighted by Crippen LogP contribution is -2.30. The van der Waals surface area contributed by atoms with Gasteiger partial charge in [0.2, 0.25) is 10.0 Å². The molecule has 0 aliphatic carbocycles. The maximum absolute atomic E-state index is 12.4. The van der Waals surface area contributed by atoms with Gasteiger partial charge in [0.15, 0.2) is 6.61 Å². The summed E-state index contributed by atoms with van der Waals surface area (Å²) < 4.78 is 31.6. The SMILES string of the molecule is CCN(CC)S(=O)(=O)c1ccc(OCC(=O)Nc2cc(Cl)cc(Cl)c2)cc1. The molecule has 0 aromatic heterocycles. The molecule has 146 valence electrons. The van der Waals surface area contributed by atoms with Gasteiger partial charge in [0, 0.05) is 28.8 Å². The van der Waals surface area contributed by atoms with Gasteiger partial charge in [-0.15, -0.1) is 0 Å². The molecule has 6 nitrogen and oxygen atoms in total. The molecule has 0 saturated carbocycles. The number of ether oxygens (including phenoxy) is 1. The molecule has 0 saturated heterocycles. The fraction of sp³-hybridized carbons (Fsp3) is 0.278. The van der Waals surface area contributed by atoms with Gasteiger partial charge in [-0.25, -0.2) is 8.42 Å². The fourth-order valence-corrected chi connectivity index (χ4v) is 4.38. The molecule has 2 aromatic carbocycles. The lowest BCUT2D eigenvalue weighted by molar-refractivity contribution is -0.118. The maximum Gasteiger partial charge on any atom is 0.262 e. The first-order valence-electron chi connectivity index (χ1n) is 8.25. The van der Waals surface area contributed by atoms with Crippen LogP contribution in [0.4, 0.5) is 5.69 Å². The zero-order valence-electron chi connectivity index (χ0n) is 14.9. The van der Waals surface area contributed by atoms with E-state index in [-0.39, 0.29) is 11.5 Å². The molecule has 0 unspecified atom stereocenters. The Balaban J connectivity index is 1.97. The van der Waals surface area contributed by atoms with Gasteiger partial charge in [-0.3, -0.25) is 4.79 Å². The number of benzene rings is 2. The van der Waals surface area contributed by atoms with Crippen LogP contribution in [-0.2, 0) is 14.8 Å². The molecular formula is C18H20Cl2N2O4S. The van der Waals surface area contributed by atoms with Crippen LogP contribution in [0.5, 0.6) is 5.75 Å². The van der Waals surface area contributed by atoms with Crippen LogP contribution < -0.4 is 10.1 Å². The van der Waals surface area contributed by atoms with Crippen LogP contribution in [0, 0.1) is 0 Å². The van der Waals surface area contributed by atoms with E-state index in [4.69, 9.17) is 27.9 Å². The van der Waals surface area contributed by atoms with Crippen molar-refractivity contribution >= 4 is 44.8 Å². The molecule has 0 aliphatic rings. The van der Waals surface area contributed by atoms with Gasteiger partial charge < -0.3 is 10.1 Å². The molecule has 0 aliphatic heterocycles. The molecule has 0 radical (unpaired) electrons. The number of rotatable bonds is 8. The second-order valence-corrected chi connectivity index (χ2v) is 8.37. The molecule has 27 heavy (non-hydrogen) atoms. The summed E-state index contributed by atoms with van der Waals surface area (Å²) in [6.07, 6.45) is 0. The van der Waals surface area contributed by atoms with Gasteiger partial charge in [0.1, 0.15) is 5.75 Å². The van der Waals surface area contributed by atoms with E-state index in [0.29, 0.717) is 34.6 Å². The highest BCUT2D eigenvalue weighted by molar-refractivity contribution is 7.89. The highest BCUT2D eigenvalue weighted by atomic mass is 35.5. The van der Waals surface area contributed by atoms with Crippen molar-refractivity contribution in [2.45, 2.75) is 18.7 Å². The van der Waals surface area contributed by atoms with Gasteiger partial charge >= 0.3 is 0 Å². The van der Waals surface area contributed by atoms with Crippen molar-refractivity contribution in [3.8, 4) is 5.75 Å². The number of nitrogens with one attached hydrogen (secondary N) is 1. The van der Waals surface area contributed by atoms with Crippen molar-refractivity contribution < 1.29 is 17.9 Å². The Morgan fingerprint density at radius 1 is 1.04 bits per heavy atom. The zero-order valence-corrected chi connectivity index (χ0v) is 17.2. The summed E-state index contributed by atoms with van der Waals surface area (Å²) in [5, 5.41) is 3.44. The van der Waals surface area contributed by atoms with Crippen LogP contribution in [0.2, 0.25) is 10.0 Å². The van der Waals surface area contributed by atoms with E-state index in [1.54, 1.807) is 32.0 Å². The zero-order chi connectivity index (χ0) is 20.0. The van der Waals surface area contributed by atoms with E-state index in [2.05, 4.69) is 5.32 Å². The fourth-order valence-electron chi connectivity index (χ4n) is 2.39. The smallest absolute Gasteiger partial charge is 0.262 e. The predicted molar refractivity (Wildman–Crippen MR) is 107 cm³/mol. The second kappa shape index (κ2) is 9.41. The number of anilines is 1. The Kier molecular flexibility index (Phi) is 7.49. The normalized spacial score (nSPS) is 11.4. The Hall–Kier alpha value is -1.80. The largest absolute Gasteiger partial charge is 0.484 e. The van der Waals surface area contributed by atoms with Crippen molar-refractivity contribution in [2.24, 2.45) is 0 Å². The summed E-state index contributed by atoms with van der Waals surface area (Å²) >= 11 is 11.8. The number of carbonyl (C=O) groups is 1. The van der Waals surface area contributed by atoms with E-state index < -0.39 is 15.9 Å². The maximum atomic E-state index is 12.4. The van der Waals surface area contributed by atoms with Crippen LogP contribution in [-0.4, -0.2) is 38.3 Å². The van der Waals surface area contributed by atoms with E-state index in [1.807, 2.05) is 0 Å². The lowest BCUT2D eigenvalue weighted by atomic mass is 10.3. The van der Waals surface area contributed by atoms with E-state index in [0.717, 1.165) is 0 Å². The van der Waals surface area contributed by atoms with Crippen molar-refractivity contribution in [3.63, 3.8) is 0 Å². The molecule has 0 spiro atoms. The second-order valence-electron chi connectivity index (χ2n) is 5.56. The number of carbonyl (C=O) groups excluding carboxylic acids is 1. The van der Waals surface area contributed by atoms with Crippen LogP contribution in [0.25, 0.3) is 0 Å². The predicted octanol–water partition coefficient (Wildman–Crippen LogP) is 4.04. The van der Waals surface area contributed by atoms with E-state index >= 15 is 0 Å². The summed E-state index contributed by atoms with van der Waals surface area (Å²) in [4.78, 5) is 12.2. The number of hydrogen-bond donors (Lipinski definition) is 1. The molecule has 0 fully saturated rings. The van der Waals surface area contributed by atoms with Crippen molar-refractivity contribution in [1.82, 2.24) is 4.31 Å². The average molecular weight is 431 g/mol. The molecule has 2 aromatic rings. The summed E-state index contributed by atoms with van der Waals surface area (Å²) in [5.41, 5.74) is 0.460. The number of amides is 1. The highest BCUT2D eigenvalue weighted by Crippen LogP contribution is 2.23. The average Bonchev–Trinajstić information content (AvgIpc) is 2.60. The van der Waals surface area contributed by atoms with Gasteiger partial charge in [-0.2, -0.15) is 4.31 Å². The lowest BCUT2D eigenvalue weighted by Gasteiger charge is -2.18. The Morgan fingerprint density at radius 2 is 1.59 bits per heavy atom. The topological polar surface area (TPSA) is 75.7 Å². The summed E-state index contributed by atoms with van der Waals surface area (Å²) in [6, 6.07) is 10.6. The first-order chi connectivity index (χ1) is 12.8. The first-order valence-corrected chi connectivity index (χ1v) is 10.4. The first kappa shape index (κ1) is 21.5. The Morgan fingerprint density at radius 3 is 2.11 bits per heavy atom. The third kappa shape index (κ3) is 5.84. The van der Waals surface area contributed by atoms with Crippen molar-refractivity contribution in [3.05, 3.63) is 52.5 Å². The number of halogens is 2. The summed E-state index contributed by atoms with van der Waals surface area (Å²) in [6.45, 7) is 4.11. The third-order valence-electron chi connectivity index (χ3n) is 3.68. The van der Waals surface area contributed by atoms with Gasteiger partial charge in [-0.1, -0.05) is 37.0 Å². The molecule has 2 rings (SSSR count). The van der Waals surface area contributed by atoms with Crippen molar-refractivity contribution in [2.75, 3.05) is 25.0 Å². The number of nitrogens with zero attached hydrogens (tertiary/aromatic N) is 1. The number of hydrogen-bond acceptors (Lipinski definition) is 4. The van der Waals surface area contributed by atoms with E-state index in [9.17, 15) is 13.2 Å². The Bertz CT molecular complexity index is 878. The molecule has 1 N–H and O–H groups in total. The van der Waals surface area contributed by atoms with Crippen LogP contribution in [0.15, 0.2) is 47.4 Å². The molecule has 0 bridgehead atoms. The van der Waals surface area contributed by atoms with Crippen LogP contribution in [0.3, 0.4) is 0 Å². The number of sulfonamides is 1. The van der Waals surface area contributed by atoms with Gasteiger partial charge in [0.25, 0.3) is 5.91 Å². The van der Waals surface area contributed by atoms with Gasteiger partial charge in [0.05, 0.1) is 4.90 Å². The molecule has 9 heteroatoms.